The molecule has 0 radical (unpaired) electrons. The van der Waals surface area contributed by atoms with Crippen molar-refractivity contribution in [3.8, 4) is 5.75 Å². The van der Waals surface area contributed by atoms with Crippen LogP contribution in [0.15, 0.2) is 24.3 Å². The van der Waals surface area contributed by atoms with Gasteiger partial charge in [-0.05, 0) is 31.5 Å². The first-order valence-corrected chi connectivity index (χ1v) is 5.99. The van der Waals surface area contributed by atoms with Crippen LogP contribution in [0.1, 0.15) is 31.7 Å². The molecule has 0 fully saturated rings. The molecule has 0 aliphatic carbocycles. The molecule has 2 rings (SSSR count). The minimum Gasteiger partial charge on any atom is -0.493 e. The van der Waals surface area contributed by atoms with E-state index in [9.17, 15) is 0 Å². The molecule has 1 aromatic carbocycles. The number of benzene rings is 1. The topological polar surface area (TPSA) is 21.3 Å². The fourth-order valence-electron chi connectivity index (χ4n) is 2.62. The predicted octanol–water partition coefficient (Wildman–Crippen LogP) is 2.80. The van der Waals surface area contributed by atoms with Crippen molar-refractivity contribution in [3.63, 3.8) is 0 Å². The van der Waals surface area contributed by atoms with Gasteiger partial charge in [0.2, 0.25) is 0 Å². The van der Waals surface area contributed by atoms with Crippen LogP contribution in [0.5, 0.6) is 5.75 Å². The molecule has 0 amide bonds. The van der Waals surface area contributed by atoms with Crippen LogP contribution in [0, 0.1) is 5.41 Å². The van der Waals surface area contributed by atoms with Gasteiger partial charge in [-0.3, -0.25) is 0 Å². The molecule has 1 aliphatic rings. The molecule has 1 atom stereocenters. The molecule has 1 aliphatic heterocycles. The van der Waals surface area contributed by atoms with Crippen molar-refractivity contribution in [2.45, 2.75) is 26.2 Å². The zero-order valence-corrected chi connectivity index (χ0v) is 10.4. The number of fused-ring (bicyclic) bond motifs is 1. The summed E-state index contributed by atoms with van der Waals surface area (Å²) < 4.78 is 5.71. The Labute approximate surface area is 98.0 Å². The molecule has 1 N–H and O–H groups in total. The molecule has 88 valence electrons. The molecule has 2 heteroatoms. The SMILES string of the molecule is CNCC(C)(C)CC1COc2ccccc21. The van der Waals surface area contributed by atoms with Gasteiger partial charge in [0.25, 0.3) is 0 Å². The summed E-state index contributed by atoms with van der Waals surface area (Å²) in [6, 6.07) is 8.41. The summed E-state index contributed by atoms with van der Waals surface area (Å²) in [6.07, 6.45) is 1.17. The molecule has 0 spiro atoms. The van der Waals surface area contributed by atoms with Crippen LogP contribution < -0.4 is 10.1 Å². The average molecular weight is 219 g/mol. The second kappa shape index (κ2) is 4.46. The molecule has 0 aromatic heterocycles. The second-order valence-electron chi connectivity index (χ2n) is 5.44. The van der Waals surface area contributed by atoms with Crippen LogP contribution >= 0.6 is 0 Å². The summed E-state index contributed by atoms with van der Waals surface area (Å²) in [7, 11) is 2.01. The Morgan fingerprint density at radius 2 is 2.12 bits per heavy atom. The van der Waals surface area contributed by atoms with Crippen LogP contribution in [0.2, 0.25) is 0 Å². The van der Waals surface area contributed by atoms with Gasteiger partial charge in [-0.2, -0.15) is 0 Å². The maximum Gasteiger partial charge on any atom is 0.122 e. The third kappa shape index (κ3) is 2.38. The summed E-state index contributed by atoms with van der Waals surface area (Å²) in [6.45, 7) is 6.51. The van der Waals surface area contributed by atoms with Gasteiger partial charge in [-0.1, -0.05) is 32.0 Å². The Kier molecular flexibility index (Phi) is 3.20. The van der Waals surface area contributed by atoms with E-state index in [4.69, 9.17) is 4.74 Å². The van der Waals surface area contributed by atoms with E-state index in [-0.39, 0.29) is 0 Å². The van der Waals surface area contributed by atoms with E-state index in [2.05, 4.69) is 37.4 Å². The summed E-state index contributed by atoms with van der Waals surface area (Å²) in [4.78, 5) is 0. The van der Waals surface area contributed by atoms with E-state index in [0.717, 1.165) is 18.9 Å². The van der Waals surface area contributed by atoms with E-state index in [1.54, 1.807) is 0 Å². The summed E-state index contributed by atoms with van der Waals surface area (Å²) >= 11 is 0. The Balaban J connectivity index is 2.08. The van der Waals surface area contributed by atoms with E-state index >= 15 is 0 Å². The lowest BCUT2D eigenvalue weighted by Crippen LogP contribution is -2.28. The lowest BCUT2D eigenvalue weighted by molar-refractivity contribution is 0.255. The molecule has 1 heterocycles. The molecule has 16 heavy (non-hydrogen) atoms. The van der Waals surface area contributed by atoms with Crippen molar-refractivity contribution < 1.29 is 4.74 Å². The number of hydrogen-bond donors (Lipinski definition) is 1. The standard InChI is InChI=1S/C14H21NO/c1-14(2,10-15-3)8-11-9-16-13-7-5-4-6-12(11)13/h4-7,11,15H,8-10H2,1-3H3. The highest BCUT2D eigenvalue weighted by Crippen LogP contribution is 2.40. The summed E-state index contributed by atoms with van der Waals surface area (Å²) in [5.41, 5.74) is 1.70. The van der Waals surface area contributed by atoms with Gasteiger partial charge in [-0.25, -0.2) is 0 Å². The van der Waals surface area contributed by atoms with Crippen molar-refractivity contribution in [2.75, 3.05) is 20.2 Å². The third-order valence-electron chi connectivity index (χ3n) is 3.25. The van der Waals surface area contributed by atoms with Gasteiger partial charge in [0.1, 0.15) is 5.75 Å². The first-order valence-electron chi connectivity index (χ1n) is 5.99. The molecular weight excluding hydrogens is 198 g/mol. The summed E-state index contributed by atoms with van der Waals surface area (Å²) in [5, 5.41) is 3.27. The maximum atomic E-state index is 5.71. The second-order valence-corrected chi connectivity index (χ2v) is 5.44. The zero-order valence-electron chi connectivity index (χ0n) is 10.4. The minimum absolute atomic E-state index is 0.320. The average Bonchev–Trinajstić information content (AvgIpc) is 2.61. The van der Waals surface area contributed by atoms with Crippen molar-refractivity contribution in [2.24, 2.45) is 5.41 Å². The van der Waals surface area contributed by atoms with Crippen molar-refractivity contribution >= 4 is 0 Å². The molecule has 0 saturated heterocycles. The predicted molar refractivity (Wildman–Crippen MR) is 67.0 cm³/mol. The summed E-state index contributed by atoms with van der Waals surface area (Å²) in [5.74, 6) is 1.63. The van der Waals surface area contributed by atoms with E-state index in [1.807, 2.05) is 13.1 Å². The highest BCUT2D eigenvalue weighted by atomic mass is 16.5. The van der Waals surface area contributed by atoms with Crippen LogP contribution in [-0.2, 0) is 0 Å². The number of ether oxygens (including phenoxy) is 1. The number of para-hydroxylation sites is 1. The van der Waals surface area contributed by atoms with Gasteiger partial charge in [0, 0.05) is 11.5 Å². The molecule has 1 aromatic rings. The maximum absolute atomic E-state index is 5.71. The van der Waals surface area contributed by atoms with Gasteiger partial charge < -0.3 is 10.1 Å². The normalized spacial score (nSPS) is 19.3. The highest BCUT2D eigenvalue weighted by Gasteiger charge is 2.29. The Bertz CT molecular complexity index is 360. The van der Waals surface area contributed by atoms with Crippen molar-refractivity contribution in [3.05, 3.63) is 29.8 Å². The van der Waals surface area contributed by atoms with Crippen LogP contribution in [-0.4, -0.2) is 20.2 Å². The Morgan fingerprint density at radius 1 is 1.38 bits per heavy atom. The molecule has 2 nitrogen and oxygen atoms in total. The lowest BCUT2D eigenvalue weighted by atomic mass is 9.80. The fraction of sp³-hybridized carbons (Fsp3) is 0.571. The number of hydrogen-bond acceptors (Lipinski definition) is 2. The van der Waals surface area contributed by atoms with Gasteiger partial charge in [0.05, 0.1) is 6.61 Å². The lowest BCUT2D eigenvalue weighted by Gasteiger charge is -2.27. The van der Waals surface area contributed by atoms with E-state index in [1.165, 1.54) is 12.0 Å². The van der Waals surface area contributed by atoms with E-state index in [0.29, 0.717) is 11.3 Å². The zero-order chi connectivity index (χ0) is 11.6. The third-order valence-corrected chi connectivity index (χ3v) is 3.25. The Morgan fingerprint density at radius 3 is 2.88 bits per heavy atom. The Hall–Kier alpha value is -1.02. The van der Waals surface area contributed by atoms with Gasteiger partial charge >= 0.3 is 0 Å². The van der Waals surface area contributed by atoms with E-state index < -0.39 is 0 Å². The van der Waals surface area contributed by atoms with Crippen LogP contribution in [0.25, 0.3) is 0 Å². The molecule has 0 saturated carbocycles. The number of rotatable bonds is 4. The first-order chi connectivity index (χ1) is 7.62. The van der Waals surface area contributed by atoms with Crippen LogP contribution in [0.3, 0.4) is 0 Å². The fourth-order valence-corrected chi connectivity index (χ4v) is 2.62. The highest BCUT2D eigenvalue weighted by molar-refractivity contribution is 5.39. The largest absolute Gasteiger partial charge is 0.493 e. The minimum atomic E-state index is 0.320. The van der Waals surface area contributed by atoms with Crippen molar-refractivity contribution in [1.82, 2.24) is 5.32 Å². The quantitative estimate of drug-likeness (QED) is 0.840. The monoisotopic (exact) mass is 219 g/mol. The molecule has 0 bridgehead atoms. The van der Waals surface area contributed by atoms with Crippen LogP contribution in [0.4, 0.5) is 0 Å². The van der Waals surface area contributed by atoms with Gasteiger partial charge in [0.15, 0.2) is 0 Å². The van der Waals surface area contributed by atoms with Gasteiger partial charge in [-0.15, -0.1) is 0 Å². The number of nitrogens with one attached hydrogen (secondary N) is 1. The van der Waals surface area contributed by atoms with Crippen molar-refractivity contribution in [1.29, 1.82) is 0 Å². The first kappa shape index (κ1) is 11.5. The molecule has 1 unspecified atom stereocenters. The molecular formula is C14H21NO. The smallest absolute Gasteiger partial charge is 0.122 e.